The number of benzene rings is 3. The number of aromatic nitrogens is 3. The van der Waals surface area contributed by atoms with Gasteiger partial charge in [0, 0.05) is 22.4 Å². The van der Waals surface area contributed by atoms with Crippen LogP contribution in [0.25, 0.3) is 28.1 Å². The molecule has 1 aromatic heterocycles. The van der Waals surface area contributed by atoms with Crippen molar-refractivity contribution in [3.8, 4) is 17.1 Å². The van der Waals surface area contributed by atoms with Crippen LogP contribution in [-0.2, 0) is 0 Å². The maximum Gasteiger partial charge on any atom is 0.0900 e. The van der Waals surface area contributed by atoms with Crippen molar-refractivity contribution in [1.29, 1.82) is 0 Å². The average Bonchev–Trinajstić information content (AvgIpc) is 2.80. The molecule has 2 aliphatic rings. The van der Waals surface area contributed by atoms with Crippen LogP contribution in [0.15, 0.2) is 77.9 Å². The van der Waals surface area contributed by atoms with Crippen molar-refractivity contribution in [2.24, 2.45) is 4.99 Å². The maximum absolute atomic E-state index is 6.20. The summed E-state index contributed by atoms with van der Waals surface area (Å²) in [4.78, 5) is 14.4. The molecule has 0 radical (unpaired) electrons. The SMILES string of the molecule is Cc1ccc2nc3cc(Nc4ccc(C)nc4)/c(=N/C(C)C)cc-3n(-c3ccc(Cl)cc3)c2c1. The Balaban J connectivity index is 1.82. The summed E-state index contributed by atoms with van der Waals surface area (Å²) in [5.41, 5.74) is 8.78. The number of hydrogen-bond donors (Lipinski definition) is 1. The summed E-state index contributed by atoms with van der Waals surface area (Å²) in [7, 11) is 0. The third-order valence-corrected chi connectivity index (χ3v) is 5.87. The van der Waals surface area contributed by atoms with Crippen molar-refractivity contribution >= 4 is 34.0 Å². The number of halogens is 1. The molecule has 0 atom stereocenters. The molecule has 0 spiro atoms. The lowest BCUT2D eigenvalue weighted by molar-refractivity contribution is 0.806. The zero-order valence-corrected chi connectivity index (χ0v) is 20.4. The first-order chi connectivity index (χ1) is 16.4. The molecular weight excluding hydrogens is 442 g/mol. The molecule has 1 N–H and O–H groups in total. The highest BCUT2D eigenvalue weighted by atomic mass is 35.5. The fourth-order valence-electron chi connectivity index (χ4n) is 4.05. The third kappa shape index (κ3) is 4.39. The average molecular weight is 468 g/mol. The zero-order chi connectivity index (χ0) is 23.8. The minimum atomic E-state index is 0.133. The maximum atomic E-state index is 6.20. The molecule has 0 fully saturated rings. The molecule has 2 heterocycles. The number of pyridine rings is 1. The molecule has 34 heavy (non-hydrogen) atoms. The molecule has 1 aliphatic carbocycles. The van der Waals surface area contributed by atoms with Gasteiger partial charge in [0.25, 0.3) is 0 Å². The van der Waals surface area contributed by atoms with Gasteiger partial charge in [-0.3, -0.25) is 9.98 Å². The molecule has 0 amide bonds. The Kier molecular flexibility index (Phi) is 5.80. The largest absolute Gasteiger partial charge is 0.352 e. The highest BCUT2D eigenvalue weighted by molar-refractivity contribution is 6.30. The van der Waals surface area contributed by atoms with Gasteiger partial charge in [-0.1, -0.05) is 17.7 Å². The summed E-state index contributed by atoms with van der Waals surface area (Å²) in [6.07, 6.45) is 1.84. The summed E-state index contributed by atoms with van der Waals surface area (Å²) in [5, 5.41) is 5.08. The monoisotopic (exact) mass is 467 g/mol. The van der Waals surface area contributed by atoms with Crippen LogP contribution in [0.5, 0.6) is 0 Å². The van der Waals surface area contributed by atoms with Gasteiger partial charge in [0.1, 0.15) is 0 Å². The standard InChI is InChI=1S/C28H26ClN5/c1-17(2)31-25-15-28-26(14-24(25)32-21-9-6-19(4)30-16-21)33-23-12-5-18(3)13-27(23)34(28)22-10-7-20(29)8-11-22/h5-17,32H,1-4H3/b31-25+. The Morgan fingerprint density at radius 3 is 2.44 bits per heavy atom. The molecule has 3 aromatic rings. The van der Waals surface area contributed by atoms with Crippen LogP contribution in [-0.4, -0.2) is 20.6 Å². The summed E-state index contributed by atoms with van der Waals surface area (Å²) in [6, 6.07) is 22.6. The highest BCUT2D eigenvalue weighted by Gasteiger charge is 2.17. The van der Waals surface area contributed by atoms with E-state index >= 15 is 0 Å². The van der Waals surface area contributed by atoms with E-state index in [1.165, 1.54) is 5.56 Å². The second-order valence-electron chi connectivity index (χ2n) is 8.81. The molecule has 0 saturated carbocycles. The fraction of sp³-hybridized carbons (Fsp3) is 0.179. The first-order valence-electron chi connectivity index (χ1n) is 11.3. The van der Waals surface area contributed by atoms with E-state index in [2.05, 4.69) is 66.0 Å². The van der Waals surface area contributed by atoms with Gasteiger partial charge >= 0.3 is 0 Å². The smallest absolute Gasteiger partial charge is 0.0900 e. The van der Waals surface area contributed by atoms with Gasteiger partial charge in [-0.25, -0.2) is 4.98 Å². The minimum absolute atomic E-state index is 0.133. The van der Waals surface area contributed by atoms with Crippen LogP contribution in [0.2, 0.25) is 5.02 Å². The number of rotatable bonds is 4. The Labute approximate surface area is 204 Å². The van der Waals surface area contributed by atoms with E-state index < -0.39 is 0 Å². The molecule has 6 heteroatoms. The Bertz CT molecular complexity index is 1520. The van der Waals surface area contributed by atoms with Crippen LogP contribution in [0.3, 0.4) is 0 Å². The molecule has 0 unspecified atom stereocenters. The van der Waals surface area contributed by atoms with Gasteiger partial charge < -0.3 is 9.88 Å². The Morgan fingerprint density at radius 2 is 1.74 bits per heavy atom. The van der Waals surface area contributed by atoms with Gasteiger partial charge in [-0.2, -0.15) is 0 Å². The molecule has 5 nitrogen and oxygen atoms in total. The topological polar surface area (TPSA) is 55.1 Å². The molecule has 1 aliphatic heterocycles. The Hall–Kier alpha value is -3.70. The van der Waals surface area contributed by atoms with Crippen LogP contribution >= 0.6 is 11.6 Å². The van der Waals surface area contributed by atoms with Crippen molar-refractivity contribution in [2.45, 2.75) is 33.7 Å². The van der Waals surface area contributed by atoms with E-state index in [0.29, 0.717) is 5.02 Å². The van der Waals surface area contributed by atoms with Crippen molar-refractivity contribution in [3.63, 3.8) is 0 Å². The van der Waals surface area contributed by atoms with Crippen LogP contribution in [0.4, 0.5) is 11.4 Å². The number of nitrogens with one attached hydrogen (secondary N) is 1. The summed E-state index contributed by atoms with van der Waals surface area (Å²) < 4.78 is 2.23. The van der Waals surface area contributed by atoms with Crippen molar-refractivity contribution in [1.82, 2.24) is 14.5 Å². The summed E-state index contributed by atoms with van der Waals surface area (Å²) >= 11 is 6.20. The lowest BCUT2D eigenvalue weighted by Gasteiger charge is -2.21. The second-order valence-corrected chi connectivity index (χ2v) is 9.25. The third-order valence-electron chi connectivity index (χ3n) is 5.62. The molecule has 5 rings (SSSR count). The number of hydrogen-bond acceptors (Lipinski definition) is 4. The fourth-order valence-corrected chi connectivity index (χ4v) is 4.18. The van der Waals surface area contributed by atoms with Gasteiger partial charge in [0.05, 0.1) is 45.4 Å². The van der Waals surface area contributed by atoms with Crippen molar-refractivity contribution < 1.29 is 0 Å². The number of fused-ring (bicyclic) bond motifs is 2. The van der Waals surface area contributed by atoms with Gasteiger partial charge in [0.15, 0.2) is 0 Å². The zero-order valence-electron chi connectivity index (χ0n) is 19.7. The lowest BCUT2D eigenvalue weighted by Crippen LogP contribution is -2.16. The highest BCUT2D eigenvalue weighted by Crippen LogP contribution is 2.31. The van der Waals surface area contributed by atoms with Crippen molar-refractivity contribution in [2.75, 3.05) is 5.32 Å². The van der Waals surface area contributed by atoms with E-state index in [1.807, 2.05) is 49.5 Å². The van der Waals surface area contributed by atoms with Gasteiger partial charge in [0.2, 0.25) is 0 Å². The first-order valence-corrected chi connectivity index (χ1v) is 11.7. The molecule has 0 bridgehead atoms. The van der Waals surface area contributed by atoms with E-state index in [0.717, 1.165) is 50.5 Å². The van der Waals surface area contributed by atoms with Gasteiger partial charge in [-0.15, -0.1) is 0 Å². The quantitative estimate of drug-likeness (QED) is 0.294. The first kappa shape index (κ1) is 22.1. The molecule has 0 saturated heterocycles. The summed E-state index contributed by atoms with van der Waals surface area (Å²) in [6.45, 7) is 8.23. The van der Waals surface area contributed by atoms with E-state index in [4.69, 9.17) is 21.6 Å². The van der Waals surface area contributed by atoms with Crippen LogP contribution < -0.4 is 10.7 Å². The number of anilines is 2. The molecular formula is C28H26ClN5. The number of nitrogens with zero attached hydrogens (tertiary/aromatic N) is 4. The lowest BCUT2D eigenvalue weighted by atomic mass is 10.1. The van der Waals surface area contributed by atoms with Crippen LogP contribution in [0.1, 0.15) is 25.1 Å². The van der Waals surface area contributed by atoms with Gasteiger partial charge in [-0.05, 0) is 93.9 Å². The Morgan fingerprint density at radius 1 is 0.941 bits per heavy atom. The van der Waals surface area contributed by atoms with Crippen molar-refractivity contribution in [3.05, 3.63) is 94.6 Å². The van der Waals surface area contributed by atoms with Crippen LogP contribution in [0, 0.1) is 13.8 Å². The number of aryl methyl sites for hydroxylation is 2. The van der Waals surface area contributed by atoms with E-state index in [9.17, 15) is 0 Å². The normalized spacial score (nSPS) is 12.1. The molecule has 2 aromatic carbocycles. The van der Waals surface area contributed by atoms with E-state index in [1.54, 1.807) is 0 Å². The second kappa shape index (κ2) is 8.92. The van der Waals surface area contributed by atoms with E-state index in [-0.39, 0.29) is 6.04 Å². The predicted octanol–water partition coefficient (Wildman–Crippen LogP) is 6.85. The minimum Gasteiger partial charge on any atom is -0.352 e. The molecule has 170 valence electrons. The predicted molar refractivity (Wildman–Crippen MR) is 140 cm³/mol. The summed E-state index contributed by atoms with van der Waals surface area (Å²) in [5.74, 6) is 0.